The van der Waals surface area contributed by atoms with Crippen LogP contribution in [0.1, 0.15) is 47.3 Å². The molecule has 5 rings (SSSR count). The Kier molecular flexibility index (Phi) is 5.65. The second kappa shape index (κ2) is 8.58. The quantitative estimate of drug-likeness (QED) is 0.759. The van der Waals surface area contributed by atoms with Gasteiger partial charge >= 0.3 is 0 Å². The first-order chi connectivity index (χ1) is 15.1. The minimum Gasteiger partial charge on any atom is -0.497 e. The maximum Gasteiger partial charge on any atom is 0.257 e. The van der Waals surface area contributed by atoms with Crippen molar-refractivity contribution in [1.29, 1.82) is 0 Å². The maximum absolute atomic E-state index is 13.4. The summed E-state index contributed by atoms with van der Waals surface area (Å²) in [5.74, 6) is 2.07. The van der Waals surface area contributed by atoms with Gasteiger partial charge in [0.05, 0.1) is 18.4 Å². The van der Waals surface area contributed by atoms with Crippen molar-refractivity contribution in [1.82, 2.24) is 19.8 Å². The monoisotopic (exact) mass is 420 g/mol. The molecular weight excluding hydrogens is 388 g/mol. The van der Waals surface area contributed by atoms with Gasteiger partial charge in [0, 0.05) is 31.4 Å². The molecule has 3 aliphatic rings. The smallest absolute Gasteiger partial charge is 0.257 e. The lowest BCUT2D eigenvalue weighted by atomic mass is 9.71. The lowest BCUT2D eigenvalue weighted by molar-refractivity contribution is -0.0642. The predicted molar refractivity (Wildman–Crippen MR) is 119 cm³/mol. The summed E-state index contributed by atoms with van der Waals surface area (Å²) in [5, 5.41) is 0. The van der Waals surface area contributed by atoms with Crippen LogP contribution in [0, 0.1) is 18.8 Å². The summed E-state index contributed by atoms with van der Waals surface area (Å²) in [5.41, 5.74) is 2.73. The molecular formula is C25H32N4O2. The van der Waals surface area contributed by atoms with Crippen molar-refractivity contribution in [3.63, 3.8) is 0 Å². The highest BCUT2D eigenvalue weighted by molar-refractivity contribution is 5.95. The maximum atomic E-state index is 13.4. The Morgan fingerprint density at radius 1 is 1.23 bits per heavy atom. The molecule has 3 aliphatic heterocycles. The van der Waals surface area contributed by atoms with Crippen LogP contribution in [0.4, 0.5) is 0 Å². The van der Waals surface area contributed by atoms with E-state index in [0.717, 1.165) is 31.0 Å². The van der Waals surface area contributed by atoms with E-state index in [9.17, 15) is 4.79 Å². The van der Waals surface area contributed by atoms with Crippen LogP contribution in [0.2, 0.25) is 0 Å². The fraction of sp³-hybridized carbons (Fsp3) is 0.560. The van der Waals surface area contributed by atoms with E-state index >= 15 is 0 Å². The normalized spacial score (nSPS) is 28.1. The largest absolute Gasteiger partial charge is 0.497 e. The average molecular weight is 421 g/mol. The number of methoxy groups -OCH3 is 1. The van der Waals surface area contributed by atoms with E-state index in [-0.39, 0.29) is 5.91 Å². The molecule has 3 saturated heterocycles. The molecule has 4 atom stereocenters. The van der Waals surface area contributed by atoms with Gasteiger partial charge in [-0.25, -0.2) is 9.97 Å². The van der Waals surface area contributed by atoms with E-state index in [1.165, 1.54) is 44.1 Å². The minimum atomic E-state index is 0.0946. The first-order valence-electron chi connectivity index (χ1n) is 11.6. The summed E-state index contributed by atoms with van der Waals surface area (Å²) in [6, 6.07) is 9.53. The Hall–Kier alpha value is -2.47. The highest BCUT2D eigenvalue weighted by Crippen LogP contribution is 2.42. The molecule has 2 aromatic rings. The Morgan fingerprint density at radius 3 is 2.94 bits per heavy atom. The van der Waals surface area contributed by atoms with Crippen LogP contribution in [-0.2, 0) is 6.42 Å². The van der Waals surface area contributed by atoms with E-state index in [2.05, 4.69) is 38.0 Å². The summed E-state index contributed by atoms with van der Waals surface area (Å²) in [6.07, 6.45) is 9.27. The number of benzene rings is 1. The molecule has 0 N–H and O–H groups in total. The molecule has 6 nitrogen and oxygen atoms in total. The van der Waals surface area contributed by atoms with E-state index in [1.54, 1.807) is 13.3 Å². The van der Waals surface area contributed by atoms with Crippen molar-refractivity contribution in [3.8, 4) is 5.75 Å². The Bertz CT molecular complexity index is 949. The number of hydrogen-bond acceptors (Lipinski definition) is 5. The number of hydrogen-bond donors (Lipinski definition) is 0. The number of piperidine rings is 3. The molecule has 3 fully saturated rings. The molecule has 164 valence electrons. The molecule has 2 bridgehead atoms. The number of fused-ring (bicyclic) bond motifs is 4. The van der Waals surface area contributed by atoms with Gasteiger partial charge in [0.15, 0.2) is 0 Å². The van der Waals surface area contributed by atoms with E-state index in [4.69, 9.17) is 4.74 Å². The number of aryl methyl sites for hydroxylation is 1. The minimum absolute atomic E-state index is 0.0946. The molecule has 31 heavy (non-hydrogen) atoms. The standard InChI is InChI=1S/C25H32N4O2/c1-17-22(13-26-16-27-17)25(30)28-14-19-12-20(15-28)24(29-9-4-3-8-23(19)29)11-18-6-5-7-21(10-18)31-2/h5-7,10,13,16,19-20,23-24H,3-4,8-9,11-12,14-15H2,1-2H3/t19-,20+,23+,24+/m1/s1. The van der Waals surface area contributed by atoms with Crippen molar-refractivity contribution < 1.29 is 9.53 Å². The van der Waals surface area contributed by atoms with Gasteiger partial charge in [0.25, 0.3) is 5.91 Å². The summed E-state index contributed by atoms with van der Waals surface area (Å²) < 4.78 is 5.46. The van der Waals surface area contributed by atoms with Gasteiger partial charge in [-0.05, 0) is 68.7 Å². The van der Waals surface area contributed by atoms with Gasteiger partial charge in [0.2, 0.25) is 0 Å². The number of likely N-dealkylation sites (tertiary alicyclic amines) is 1. The van der Waals surface area contributed by atoms with Gasteiger partial charge in [-0.3, -0.25) is 9.69 Å². The number of amides is 1. The first-order valence-corrected chi connectivity index (χ1v) is 11.6. The van der Waals surface area contributed by atoms with Crippen molar-refractivity contribution >= 4 is 5.91 Å². The molecule has 0 aliphatic carbocycles. The number of ether oxygens (including phenoxy) is 1. The molecule has 1 amide bonds. The second-order valence-electron chi connectivity index (χ2n) is 9.41. The first kappa shape index (κ1) is 20.4. The van der Waals surface area contributed by atoms with Crippen molar-refractivity contribution in [2.24, 2.45) is 11.8 Å². The zero-order chi connectivity index (χ0) is 21.4. The van der Waals surface area contributed by atoms with E-state index in [0.29, 0.717) is 29.5 Å². The average Bonchev–Trinajstić information content (AvgIpc) is 2.81. The number of aromatic nitrogens is 2. The fourth-order valence-electron chi connectivity index (χ4n) is 6.17. The molecule has 4 heterocycles. The predicted octanol–water partition coefficient (Wildman–Crippen LogP) is 3.35. The van der Waals surface area contributed by atoms with Gasteiger partial charge in [-0.2, -0.15) is 0 Å². The third-order valence-electron chi connectivity index (χ3n) is 7.63. The van der Waals surface area contributed by atoms with Crippen LogP contribution >= 0.6 is 0 Å². The fourth-order valence-corrected chi connectivity index (χ4v) is 6.17. The molecule has 1 aromatic carbocycles. The number of carbonyl (C=O) groups excluding carboxylic acids is 1. The van der Waals surface area contributed by atoms with Crippen molar-refractivity contribution in [2.45, 2.75) is 51.1 Å². The van der Waals surface area contributed by atoms with Crippen LogP contribution in [0.15, 0.2) is 36.8 Å². The highest BCUT2D eigenvalue weighted by atomic mass is 16.5. The Labute approximate surface area is 184 Å². The SMILES string of the molecule is COc1cccc(C[C@H]2[C@H]3C[C@H](CN(C(=O)c4cncnc4C)C3)[C@@H]3CCCCN32)c1. The van der Waals surface area contributed by atoms with Crippen LogP contribution < -0.4 is 4.74 Å². The summed E-state index contributed by atoms with van der Waals surface area (Å²) in [7, 11) is 1.73. The summed E-state index contributed by atoms with van der Waals surface area (Å²) >= 11 is 0. The summed E-state index contributed by atoms with van der Waals surface area (Å²) in [6.45, 7) is 4.76. The van der Waals surface area contributed by atoms with Crippen LogP contribution in [0.3, 0.4) is 0 Å². The summed E-state index contributed by atoms with van der Waals surface area (Å²) in [4.78, 5) is 26.6. The van der Waals surface area contributed by atoms with Crippen LogP contribution in [0.5, 0.6) is 5.75 Å². The lowest BCUT2D eigenvalue weighted by Gasteiger charge is -2.57. The van der Waals surface area contributed by atoms with Crippen molar-refractivity contribution in [2.75, 3.05) is 26.7 Å². The second-order valence-corrected chi connectivity index (χ2v) is 9.41. The third-order valence-corrected chi connectivity index (χ3v) is 7.63. The van der Waals surface area contributed by atoms with Gasteiger partial charge in [-0.1, -0.05) is 18.6 Å². The molecule has 0 unspecified atom stereocenters. The third kappa shape index (κ3) is 3.93. The van der Waals surface area contributed by atoms with Gasteiger partial charge in [0.1, 0.15) is 12.1 Å². The van der Waals surface area contributed by atoms with Crippen molar-refractivity contribution in [3.05, 3.63) is 53.6 Å². The Morgan fingerprint density at radius 2 is 2.10 bits per heavy atom. The lowest BCUT2D eigenvalue weighted by Crippen LogP contribution is -2.64. The number of carbonyl (C=O) groups is 1. The van der Waals surface area contributed by atoms with E-state index < -0.39 is 0 Å². The zero-order valence-electron chi connectivity index (χ0n) is 18.5. The molecule has 0 spiro atoms. The topological polar surface area (TPSA) is 58.6 Å². The number of rotatable bonds is 4. The van der Waals surface area contributed by atoms with Gasteiger partial charge < -0.3 is 9.64 Å². The van der Waals surface area contributed by atoms with E-state index in [1.807, 2.05) is 13.0 Å². The molecule has 1 aromatic heterocycles. The molecule has 6 heteroatoms. The van der Waals surface area contributed by atoms with Crippen LogP contribution in [-0.4, -0.2) is 64.5 Å². The van der Waals surface area contributed by atoms with Gasteiger partial charge in [-0.15, -0.1) is 0 Å². The zero-order valence-corrected chi connectivity index (χ0v) is 18.5. The molecule has 0 radical (unpaired) electrons. The molecule has 0 saturated carbocycles. The number of nitrogens with zero attached hydrogens (tertiary/aromatic N) is 4. The highest BCUT2D eigenvalue weighted by Gasteiger charge is 2.47. The van der Waals surface area contributed by atoms with Crippen LogP contribution in [0.25, 0.3) is 0 Å². The Balaban J connectivity index is 1.42.